The number of likely N-dealkylation sites (tertiary alicyclic amines) is 1. The van der Waals surface area contributed by atoms with Crippen LogP contribution in [0.3, 0.4) is 0 Å². The second-order valence-electron chi connectivity index (χ2n) is 6.85. The summed E-state index contributed by atoms with van der Waals surface area (Å²) >= 11 is 1.79. The largest absolute Gasteiger partial charge is 0.389 e. The van der Waals surface area contributed by atoms with Crippen LogP contribution in [0.1, 0.15) is 32.3 Å². The second-order valence-corrected chi connectivity index (χ2v) is 7.76. The average molecular weight is 303 g/mol. The molecule has 3 rings (SSSR count). The van der Waals surface area contributed by atoms with Gasteiger partial charge in [0.2, 0.25) is 0 Å². The molecule has 1 aliphatic rings. The third-order valence-electron chi connectivity index (χ3n) is 4.49. The lowest BCUT2D eigenvalue weighted by Crippen LogP contribution is -2.46. The van der Waals surface area contributed by atoms with Gasteiger partial charge >= 0.3 is 0 Å². The van der Waals surface area contributed by atoms with Gasteiger partial charge in [0.05, 0.1) is 5.60 Å². The zero-order valence-electron chi connectivity index (χ0n) is 13.0. The summed E-state index contributed by atoms with van der Waals surface area (Å²) in [4.78, 5) is 2.49. The monoisotopic (exact) mass is 303 g/mol. The van der Waals surface area contributed by atoms with E-state index in [1.165, 1.54) is 15.6 Å². The van der Waals surface area contributed by atoms with Gasteiger partial charge in [0, 0.05) is 30.8 Å². The van der Waals surface area contributed by atoms with Crippen LogP contribution in [0.25, 0.3) is 10.1 Å². The highest BCUT2D eigenvalue weighted by Gasteiger charge is 2.33. The van der Waals surface area contributed by atoms with Gasteiger partial charge < -0.3 is 10.0 Å². The van der Waals surface area contributed by atoms with Crippen molar-refractivity contribution in [1.82, 2.24) is 4.90 Å². The molecular weight excluding hydrogens is 278 g/mol. The van der Waals surface area contributed by atoms with E-state index in [1.54, 1.807) is 11.3 Å². The third kappa shape index (κ3) is 3.47. The lowest BCUT2D eigenvalue weighted by Gasteiger charge is -2.39. The van der Waals surface area contributed by atoms with Crippen LogP contribution in [0, 0.1) is 5.92 Å². The molecule has 2 aromatic rings. The van der Waals surface area contributed by atoms with Crippen LogP contribution in [0.4, 0.5) is 0 Å². The van der Waals surface area contributed by atoms with Crippen molar-refractivity contribution in [3.05, 3.63) is 35.2 Å². The third-order valence-corrected chi connectivity index (χ3v) is 5.50. The first kappa shape index (κ1) is 15.0. The molecule has 0 bridgehead atoms. The van der Waals surface area contributed by atoms with Crippen molar-refractivity contribution in [3.8, 4) is 0 Å². The molecule has 0 aliphatic carbocycles. The van der Waals surface area contributed by atoms with E-state index >= 15 is 0 Å². The van der Waals surface area contributed by atoms with E-state index in [1.807, 2.05) is 0 Å². The highest BCUT2D eigenvalue weighted by Crippen LogP contribution is 2.32. The predicted molar refractivity (Wildman–Crippen MR) is 91.0 cm³/mol. The summed E-state index contributed by atoms with van der Waals surface area (Å²) in [6.07, 6.45) is 2.58. The summed E-state index contributed by atoms with van der Waals surface area (Å²) < 4.78 is 1.33. The number of thiophene rings is 1. The van der Waals surface area contributed by atoms with Gasteiger partial charge in [-0.3, -0.25) is 0 Å². The molecular formula is C18H25NOS. The molecule has 0 unspecified atom stereocenters. The first-order chi connectivity index (χ1) is 10.1. The molecule has 1 aromatic heterocycles. The van der Waals surface area contributed by atoms with Crippen molar-refractivity contribution in [2.45, 2.75) is 38.7 Å². The molecule has 1 N–H and O–H groups in total. The quantitative estimate of drug-likeness (QED) is 0.925. The Labute approximate surface area is 131 Å². The van der Waals surface area contributed by atoms with E-state index in [0.717, 1.165) is 38.9 Å². The molecule has 1 aliphatic heterocycles. The van der Waals surface area contributed by atoms with Crippen molar-refractivity contribution < 1.29 is 5.11 Å². The van der Waals surface area contributed by atoms with E-state index in [9.17, 15) is 5.11 Å². The van der Waals surface area contributed by atoms with Crippen LogP contribution in [0.15, 0.2) is 29.6 Å². The summed E-state index contributed by atoms with van der Waals surface area (Å²) in [7, 11) is 0. The van der Waals surface area contributed by atoms with Crippen LogP contribution in [-0.4, -0.2) is 35.2 Å². The SMILES string of the molecule is CC(C)CN1CCC(O)(Cc2csc3ccccc23)CC1. The number of benzene rings is 1. The molecule has 114 valence electrons. The van der Waals surface area contributed by atoms with E-state index < -0.39 is 5.60 Å². The predicted octanol–water partition coefficient (Wildman–Crippen LogP) is 3.93. The molecule has 0 atom stereocenters. The van der Waals surface area contributed by atoms with Crippen LogP contribution >= 0.6 is 11.3 Å². The zero-order chi connectivity index (χ0) is 14.9. The fourth-order valence-electron chi connectivity index (χ4n) is 3.37. The number of hydrogen-bond donors (Lipinski definition) is 1. The minimum Gasteiger partial charge on any atom is -0.389 e. The molecule has 1 saturated heterocycles. The minimum absolute atomic E-state index is 0.517. The van der Waals surface area contributed by atoms with Crippen LogP contribution in [-0.2, 0) is 6.42 Å². The fourth-order valence-corrected chi connectivity index (χ4v) is 4.33. The Morgan fingerprint density at radius 1 is 1.24 bits per heavy atom. The summed E-state index contributed by atoms with van der Waals surface area (Å²) in [5, 5.41) is 14.5. The molecule has 0 saturated carbocycles. The van der Waals surface area contributed by atoms with E-state index in [-0.39, 0.29) is 0 Å². The molecule has 1 aromatic carbocycles. The van der Waals surface area contributed by atoms with Crippen LogP contribution in [0.2, 0.25) is 0 Å². The molecule has 0 radical (unpaired) electrons. The molecule has 0 spiro atoms. The second kappa shape index (κ2) is 6.07. The Morgan fingerprint density at radius 3 is 2.67 bits per heavy atom. The van der Waals surface area contributed by atoms with E-state index in [0.29, 0.717) is 5.92 Å². The lowest BCUT2D eigenvalue weighted by atomic mass is 9.85. The summed E-state index contributed by atoms with van der Waals surface area (Å²) in [6.45, 7) is 7.72. The lowest BCUT2D eigenvalue weighted by molar-refractivity contribution is -0.0224. The van der Waals surface area contributed by atoms with Gasteiger partial charge in [-0.2, -0.15) is 0 Å². The summed E-state index contributed by atoms with van der Waals surface area (Å²) in [5.74, 6) is 0.706. The van der Waals surface area contributed by atoms with Gasteiger partial charge in [-0.1, -0.05) is 32.0 Å². The molecule has 2 nitrogen and oxygen atoms in total. The summed E-state index contributed by atoms with van der Waals surface area (Å²) in [5.41, 5.74) is 0.799. The minimum atomic E-state index is -0.517. The summed E-state index contributed by atoms with van der Waals surface area (Å²) in [6, 6.07) is 8.52. The number of nitrogens with zero attached hydrogens (tertiary/aromatic N) is 1. The van der Waals surface area contributed by atoms with Gasteiger partial charge in [-0.25, -0.2) is 0 Å². The van der Waals surface area contributed by atoms with Gasteiger partial charge in [0.1, 0.15) is 0 Å². The Balaban J connectivity index is 1.68. The number of piperidine rings is 1. The Bertz CT molecular complexity index is 596. The van der Waals surface area contributed by atoms with Crippen molar-refractivity contribution >= 4 is 21.4 Å². The van der Waals surface area contributed by atoms with Gasteiger partial charge in [0.25, 0.3) is 0 Å². The van der Waals surface area contributed by atoms with E-state index in [4.69, 9.17) is 0 Å². The maximum atomic E-state index is 10.9. The van der Waals surface area contributed by atoms with Crippen LogP contribution < -0.4 is 0 Å². The molecule has 3 heteroatoms. The van der Waals surface area contributed by atoms with Crippen molar-refractivity contribution in [1.29, 1.82) is 0 Å². The van der Waals surface area contributed by atoms with Crippen LogP contribution in [0.5, 0.6) is 0 Å². The average Bonchev–Trinajstić information content (AvgIpc) is 2.85. The topological polar surface area (TPSA) is 23.5 Å². The number of aliphatic hydroxyl groups is 1. The molecule has 21 heavy (non-hydrogen) atoms. The Hall–Kier alpha value is -0.900. The maximum absolute atomic E-state index is 10.9. The smallest absolute Gasteiger partial charge is 0.0712 e. The number of hydrogen-bond acceptors (Lipinski definition) is 3. The van der Waals surface area contributed by atoms with Gasteiger partial charge in [-0.15, -0.1) is 11.3 Å². The first-order valence-corrected chi connectivity index (χ1v) is 8.83. The van der Waals surface area contributed by atoms with Crippen molar-refractivity contribution in [2.24, 2.45) is 5.92 Å². The first-order valence-electron chi connectivity index (χ1n) is 7.96. The molecule has 0 amide bonds. The zero-order valence-corrected chi connectivity index (χ0v) is 13.8. The fraction of sp³-hybridized carbons (Fsp3) is 0.556. The Morgan fingerprint density at radius 2 is 1.95 bits per heavy atom. The van der Waals surface area contributed by atoms with Gasteiger partial charge in [0.15, 0.2) is 0 Å². The Kier molecular flexibility index (Phi) is 4.34. The maximum Gasteiger partial charge on any atom is 0.0712 e. The normalized spacial score (nSPS) is 19.4. The highest BCUT2D eigenvalue weighted by molar-refractivity contribution is 7.17. The van der Waals surface area contributed by atoms with Gasteiger partial charge in [-0.05, 0) is 41.2 Å². The van der Waals surface area contributed by atoms with Crippen molar-refractivity contribution in [2.75, 3.05) is 19.6 Å². The van der Waals surface area contributed by atoms with Crippen molar-refractivity contribution in [3.63, 3.8) is 0 Å². The molecule has 2 heterocycles. The molecule has 1 fully saturated rings. The number of fused-ring (bicyclic) bond motifs is 1. The number of rotatable bonds is 4. The van der Waals surface area contributed by atoms with E-state index in [2.05, 4.69) is 48.4 Å². The highest BCUT2D eigenvalue weighted by atomic mass is 32.1. The standard InChI is InChI=1S/C18H25NOS/c1-14(2)12-19-9-7-18(20,8-10-19)11-15-13-21-17-6-4-3-5-16(15)17/h3-6,13-14,20H,7-12H2,1-2H3.